The van der Waals surface area contributed by atoms with Gasteiger partial charge in [-0.1, -0.05) is 24.1 Å². The fourth-order valence-corrected chi connectivity index (χ4v) is 2.42. The molecule has 1 aliphatic heterocycles. The lowest BCUT2D eigenvalue weighted by atomic mass is 10.1. The van der Waals surface area contributed by atoms with E-state index in [1.54, 1.807) is 0 Å². The third-order valence-electron chi connectivity index (χ3n) is 3.38. The van der Waals surface area contributed by atoms with E-state index >= 15 is 0 Å². The first kappa shape index (κ1) is 12.7. The summed E-state index contributed by atoms with van der Waals surface area (Å²) in [6.07, 6.45) is 4.12. The summed E-state index contributed by atoms with van der Waals surface area (Å²) in [4.78, 5) is 2.53. The smallest absolute Gasteiger partial charge is 0.0455 e. The molecule has 1 aromatic rings. The van der Waals surface area contributed by atoms with E-state index in [4.69, 9.17) is 11.6 Å². The van der Waals surface area contributed by atoms with Gasteiger partial charge in [-0.25, -0.2) is 0 Å². The molecule has 1 saturated heterocycles. The summed E-state index contributed by atoms with van der Waals surface area (Å²) in [5, 5.41) is 4.27. The maximum absolute atomic E-state index is 6.09. The van der Waals surface area contributed by atoms with Crippen molar-refractivity contribution in [3.05, 3.63) is 28.8 Å². The molecule has 0 amide bonds. The molecular formula is C14H21ClN2. The Morgan fingerprint density at radius 2 is 2.00 bits per heavy atom. The van der Waals surface area contributed by atoms with Crippen LogP contribution in [0.25, 0.3) is 0 Å². The van der Waals surface area contributed by atoms with E-state index < -0.39 is 0 Å². The average molecular weight is 253 g/mol. The van der Waals surface area contributed by atoms with E-state index in [0.717, 1.165) is 29.4 Å². The van der Waals surface area contributed by atoms with Gasteiger partial charge in [0, 0.05) is 23.8 Å². The number of likely N-dealkylation sites (tertiary alicyclic amines) is 1. The summed E-state index contributed by atoms with van der Waals surface area (Å²) in [5.74, 6) is 0. The molecule has 1 fully saturated rings. The van der Waals surface area contributed by atoms with Crippen molar-refractivity contribution in [2.24, 2.45) is 0 Å². The van der Waals surface area contributed by atoms with Gasteiger partial charge in [-0.05, 0) is 50.6 Å². The first-order valence-electron chi connectivity index (χ1n) is 6.48. The Morgan fingerprint density at radius 3 is 2.71 bits per heavy atom. The number of aryl methyl sites for hydroxylation is 1. The Hall–Kier alpha value is -0.730. The Balaban J connectivity index is 1.75. The minimum atomic E-state index is 0.841. The number of rotatable bonds is 4. The number of hydrogen-bond acceptors (Lipinski definition) is 2. The molecule has 3 heteroatoms. The average Bonchev–Trinajstić information content (AvgIpc) is 2.35. The van der Waals surface area contributed by atoms with Crippen molar-refractivity contribution in [2.45, 2.75) is 26.2 Å². The van der Waals surface area contributed by atoms with E-state index in [2.05, 4.69) is 22.3 Å². The van der Waals surface area contributed by atoms with Gasteiger partial charge in [-0.3, -0.25) is 0 Å². The molecule has 1 aliphatic rings. The monoisotopic (exact) mass is 252 g/mol. The normalized spacial score (nSPS) is 17.1. The molecule has 0 aliphatic carbocycles. The first-order valence-corrected chi connectivity index (χ1v) is 6.86. The van der Waals surface area contributed by atoms with Crippen LogP contribution in [0.3, 0.4) is 0 Å². The van der Waals surface area contributed by atoms with Crippen LogP contribution in [0.4, 0.5) is 5.69 Å². The number of nitrogens with one attached hydrogen (secondary N) is 1. The number of anilines is 1. The first-order chi connectivity index (χ1) is 8.25. The van der Waals surface area contributed by atoms with Gasteiger partial charge in [0.2, 0.25) is 0 Å². The molecule has 94 valence electrons. The maximum Gasteiger partial charge on any atom is 0.0455 e. The SMILES string of the molecule is Cc1ccc(NCCN2CCCCC2)cc1Cl. The van der Waals surface area contributed by atoms with Crippen molar-refractivity contribution in [1.29, 1.82) is 0 Å². The predicted molar refractivity (Wildman–Crippen MR) is 75.0 cm³/mol. The second-order valence-corrected chi connectivity index (χ2v) is 5.20. The van der Waals surface area contributed by atoms with Crippen molar-refractivity contribution in [1.82, 2.24) is 4.90 Å². The third-order valence-corrected chi connectivity index (χ3v) is 3.78. The van der Waals surface area contributed by atoms with Gasteiger partial charge in [0.25, 0.3) is 0 Å². The Bertz CT molecular complexity index is 359. The summed E-state index contributed by atoms with van der Waals surface area (Å²) in [5.41, 5.74) is 2.26. The summed E-state index contributed by atoms with van der Waals surface area (Å²) < 4.78 is 0. The number of nitrogens with zero attached hydrogens (tertiary/aromatic N) is 1. The Kier molecular flexibility index (Phi) is 4.69. The quantitative estimate of drug-likeness (QED) is 0.882. The summed E-state index contributed by atoms with van der Waals surface area (Å²) in [6, 6.07) is 6.16. The molecular weight excluding hydrogens is 232 g/mol. The molecule has 1 heterocycles. The lowest BCUT2D eigenvalue weighted by molar-refractivity contribution is 0.237. The number of halogens is 1. The van der Waals surface area contributed by atoms with E-state index in [1.807, 2.05) is 13.0 Å². The molecule has 2 rings (SSSR count). The number of hydrogen-bond donors (Lipinski definition) is 1. The molecule has 0 saturated carbocycles. The van der Waals surface area contributed by atoms with E-state index in [9.17, 15) is 0 Å². The minimum absolute atomic E-state index is 0.841. The molecule has 1 aromatic carbocycles. The van der Waals surface area contributed by atoms with E-state index in [0.29, 0.717) is 0 Å². The van der Waals surface area contributed by atoms with Gasteiger partial charge in [-0.2, -0.15) is 0 Å². The number of piperidine rings is 1. The second-order valence-electron chi connectivity index (χ2n) is 4.79. The summed E-state index contributed by atoms with van der Waals surface area (Å²) in [6.45, 7) is 6.68. The molecule has 2 nitrogen and oxygen atoms in total. The van der Waals surface area contributed by atoms with E-state index in [1.165, 1.54) is 32.4 Å². The topological polar surface area (TPSA) is 15.3 Å². The minimum Gasteiger partial charge on any atom is -0.384 e. The van der Waals surface area contributed by atoms with Gasteiger partial charge in [0.1, 0.15) is 0 Å². The van der Waals surface area contributed by atoms with Crippen molar-refractivity contribution < 1.29 is 0 Å². The van der Waals surface area contributed by atoms with Crippen molar-refractivity contribution in [3.63, 3.8) is 0 Å². The van der Waals surface area contributed by atoms with Crippen LogP contribution in [0.15, 0.2) is 18.2 Å². The van der Waals surface area contributed by atoms with Gasteiger partial charge in [0.05, 0.1) is 0 Å². The fraction of sp³-hybridized carbons (Fsp3) is 0.571. The molecule has 17 heavy (non-hydrogen) atoms. The van der Waals surface area contributed by atoms with Gasteiger partial charge in [-0.15, -0.1) is 0 Å². The maximum atomic E-state index is 6.09. The van der Waals surface area contributed by atoms with Crippen LogP contribution < -0.4 is 5.32 Å². The highest BCUT2D eigenvalue weighted by molar-refractivity contribution is 6.31. The zero-order chi connectivity index (χ0) is 12.1. The highest BCUT2D eigenvalue weighted by Crippen LogP contribution is 2.19. The van der Waals surface area contributed by atoms with Crippen LogP contribution >= 0.6 is 11.6 Å². The second kappa shape index (κ2) is 6.27. The Labute approximate surface area is 109 Å². The van der Waals surface area contributed by atoms with Gasteiger partial charge >= 0.3 is 0 Å². The Morgan fingerprint density at radius 1 is 1.24 bits per heavy atom. The highest BCUT2D eigenvalue weighted by Gasteiger charge is 2.08. The molecule has 1 N–H and O–H groups in total. The summed E-state index contributed by atoms with van der Waals surface area (Å²) >= 11 is 6.09. The van der Waals surface area contributed by atoms with Crippen LogP contribution in [0.1, 0.15) is 24.8 Å². The molecule has 0 unspecified atom stereocenters. The van der Waals surface area contributed by atoms with Gasteiger partial charge < -0.3 is 10.2 Å². The van der Waals surface area contributed by atoms with Gasteiger partial charge in [0.15, 0.2) is 0 Å². The molecule has 0 bridgehead atoms. The predicted octanol–water partition coefficient (Wildman–Crippen LogP) is 3.55. The van der Waals surface area contributed by atoms with Crippen LogP contribution in [-0.4, -0.2) is 31.1 Å². The van der Waals surface area contributed by atoms with Crippen LogP contribution in [0.5, 0.6) is 0 Å². The fourth-order valence-electron chi connectivity index (χ4n) is 2.24. The standard InChI is InChI=1S/C14H21ClN2/c1-12-5-6-13(11-14(12)15)16-7-10-17-8-3-2-4-9-17/h5-6,11,16H,2-4,7-10H2,1H3. The van der Waals surface area contributed by atoms with Crippen molar-refractivity contribution >= 4 is 17.3 Å². The third kappa shape index (κ3) is 3.90. The highest BCUT2D eigenvalue weighted by atomic mass is 35.5. The molecule has 0 aromatic heterocycles. The van der Waals surface area contributed by atoms with E-state index in [-0.39, 0.29) is 0 Å². The van der Waals surface area contributed by atoms with Crippen molar-refractivity contribution in [2.75, 3.05) is 31.5 Å². The number of benzene rings is 1. The molecule has 0 atom stereocenters. The zero-order valence-electron chi connectivity index (χ0n) is 10.5. The summed E-state index contributed by atoms with van der Waals surface area (Å²) in [7, 11) is 0. The lowest BCUT2D eigenvalue weighted by Crippen LogP contribution is -2.33. The van der Waals surface area contributed by atoms with Crippen molar-refractivity contribution in [3.8, 4) is 0 Å². The largest absolute Gasteiger partial charge is 0.384 e. The molecule has 0 spiro atoms. The van der Waals surface area contributed by atoms with Crippen LogP contribution in [0, 0.1) is 6.92 Å². The lowest BCUT2D eigenvalue weighted by Gasteiger charge is -2.26. The molecule has 0 radical (unpaired) electrons. The zero-order valence-corrected chi connectivity index (χ0v) is 11.3. The van der Waals surface area contributed by atoms with Crippen LogP contribution in [-0.2, 0) is 0 Å². The van der Waals surface area contributed by atoms with Crippen LogP contribution in [0.2, 0.25) is 5.02 Å².